The van der Waals surface area contributed by atoms with Crippen LogP contribution in [0, 0.1) is 0 Å². The van der Waals surface area contributed by atoms with Gasteiger partial charge in [0.15, 0.2) is 0 Å². The second-order valence-corrected chi connectivity index (χ2v) is 6.06. The van der Waals surface area contributed by atoms with Gasteiger partial charge in [0, 0.05) is 16.6 Å². The number of carbonyl (C=O) groups is 1. The van der Waals surface area contributed by atoms with Crippen LogP contribution in [-0.4, -0.2) is 18.8 Å². The Morgan fingerprint density at radius 3 is 2.70 bits per heavy atom. The van der Waals surface area contributed by atoms with Crippen LogP contribution in [0.3, 0.4) is 0 Å². The van der Waals surface area contributed by atoms with Crippen molar-refractivity contribution < 1.29 is 9.53 Å². The molecule has 3 aromatic rings. The van der Waals surface area contributed by atoms with Crippen LogP contribution in [0.15, 0.2) is 71.6 Å². The Morgan fingerprint density at radius 2 is 1.83 bits per heavy atom. The number of hydrogen-bond acceptors (Lipinski definition) is 3. The number of hydrogen-bond donors (Lipinski definition) is 1. The van der Waals surface area contributed by atoms with Gasteiger partial charge in [-0.3, -0.25) is 4.79 Å². The van der Waals surface area contributed by atoms with E-state index in [1.54, 1.807) is 24.9 Å². The van der Waals surface area contributed by atoms with E-state index in [1.807, 2.05) is 42.5 Å². The highest BCUT2D eigenvalue weighted by Crippen LogP contribution is 2.28. The zero-order valence-corrected chi connectivity index (χ0v) is 13.6. The topological polar surface area (TPSA) is 38.3 Å². The van der Waals surface area contributed by atoms with E-state index in [0.29, 0.717) is 5.75 Å². The van der Waals surface area contributed by atoms with Crippen LogP contribution in [-0.2, 0) is 4.79 Å². The van der Waals surface area contributed by atoms with Crippen LogP contribution in [0.4, 0.5) is 5.69 Å². The molecule has 0 saturated heterocycles. The van der Waals surface area contributed by atoms with Gasteiger partial charge in [0.1, 0.15) is 5.75 Å². The summed E-state index contributed by atoms with van der Waals surface area (Å²) >= 11 is 1.54. The van der Waals surface area contributed by atoms with Gasteiger partial charge < -0.3 is 10.1 Å². The molecule has 0 bridgehead atoms. The summed E-state index contributed by atoms with van der Waals surface area (Å²) in [5, 5.41) is 5.26. The Hall–Kier alpha value is -2.46. The number of carbonyl (C=O) groups excluding carboxylic acids is 1. The smallest absolute Gasteiger partial charge is 0.234 e. The Bertz CT molecular complexity index is 827. The molecule has 0 unspecified atom stereocenters. The van der Waals surface area contributed by atoms with Gasteiger partial charge in [-0.1, -0.05) is 42.5 Å². The van der Waals surface area contributed by atoms with Crippen molar-refractivity contribution in [2.45, 2.75) is 4.90 Å². The first-order valence-electron chi connectivity index (χ1n) is 7.31. The molecule has 0 aliphatic carbocycles. The second-order valence-electron chi connectivity index (χ2n) is 5.05. The Labute approximate surface area is 139 Å². The number of benzene rings is 3. The summed E-state index contributed by atoms with van der Waals surface area (Å²) in [6, 6.07) is 21.7. The van der Waals surface area contributed by atoms with Crippen molar-refractivity contribution >= 4 is 34.1 Å². The normalized spacial score (nSPS) is 10.5. The molecular formula is C19H17NO2S. The largest absolute Gasteiger partial charge is 0.497 e. The quantitative estimate of drug-likeness (QED) is 0.699. The van der Waals surface area contributed by atoms with Crippen LogP contribution in [0.5, 0.6) is 5.75 Å². The molecule has 1 amide bonds. The average molecular weight is 323 g/mol. The van der Waals surface area contributed by atoms with Crippen molar-refractivity contribution in [2.75, 3.05) is 18.2 Å². The minimum absolute atomic E-state index is 0.0313. The number of anilines is 1. The van der Waals surface area contributed by atoms with Gasteiger partial charge in [-0.05, 0) is 29.0 Å². The third-order valence-electron chi connectivity index (χ3n) is 3.46. The number of nitrogens with one attached hydrogen (secondary N) is 1. The first-order valence-corrected chi connectivity index (χ1v) is 8.29. The number of ether oxygens (including phenoxy) is 1. The fourth-order valence-electron chi connectivity index (χ4n) is 2.36. The summed E-state index contributed by atoms with van der Waals surface area (Å²) in [5.74, 6) is 1.06. The molecule has 4 heteroatoms. The SMILES string of the molecule is COc1cccc(NC(=O)CSc2cccc3ccccc23)c1. The van der Waals surface area contributed by atoms with Crippen molar-refractivity contribution in [3.05, 3.63) is 66.7 Å². The third kappa shape index (κ3) is 3.85. The fourth-order valence-corrected chi connectivity index (χ4v) is 3.24. The number of fused-ring (bicyclic) bond motifs is 1. The lowest BCUT2D eigenvalue weighted by molar-refractivity contribution is -0.113. The first kappa shape index (κ1) is 15.4. The van der Waals surface area contributed by atoms with Crippen molar-refractivity contribution in [1.82, 2.24) is 0 Å². The molecule has 0 heterocycles. The van der Waals surface area contributed by atoms with Crippen molar-refractivity contribution in [3.8, 4) is 5.75 Å². The molecule has 0 saturated carbocycles. The zero-order chi connectivity index (χ0) is 16.1. The first-order chi connectivity index (χ1) is 11.3. The van der Waals surface area contributed by atoms with Crippen molar-refractivity contribution in [3.63, 3.8) is 0 Å². The summed E-state index contributed by atoms with van der Waals surface area (Å²) in [6.07, 6.45) is 0. The van der Waals surface area contributed by atoms with E-state index in [9.17, 15) is 4.79 Å². The van der Waals surface area contributed by atoms with Gasteiger partial charge in [-0.25, -0.2) is 0 Å². The lowest BCUT2D eigenvalue weighted by Gasteiger charge is -2.08. The van der Waals surface area contributed by atoms with Crippen molar-refractivity contribution in [2.24, 2.45) is 0 Å². The van der Waals surface area contributed by atoms with Crippen LogP contribution >= 0.6 is 11.8 Å². The summed E-state index contributed by atoms with van der Waals surface area (Å²) in [7, 11) is 1.61. The number of rotatable bonds is 5. The molecule has 0 aliphatic heterocycles. The maximum Gasteiger partial charge on any atom is 0.234 e. The summed E-state index contributed by atoms with van der Waals surface area (Å²) in [6.45, 7) is 0. The number of thioether (sulfide) groups is 1. The predicted octanol–water partition coefficient (Wildman–Crippen LogP) is 4.58. The highest BCUT2D eigenvalue weighted by molar-refractivity contribution is 8.00. The minimum atomic E-state index is -0.0313. The van der Waals surface area contributed by atoms with Gasteiger partial charge >= 0.3 is 0 Å². The molecule has 3 nitrogen and oxygen atoms in total. The van der Waals surface area contributed by atoms with E-state index in [2.05, 4.69) is 23.5 Å². The standard InChI is InChI=1S/C19H17NO2S/c1-22-16-9-5-8-15(12-16)20-19(21)13-23-18-11-4-7-14-6-2-3-10-17(14)18/h2-12H,13H2,1H3,(H,20,21). The maximum absolute atomic E-state index is 12.1. The van der Waals surface area contributed by atoms with E-state index in [4.69, 9.17) is 4.74 Å². The van der Waals surface area contributed by atoms with E-state index in [-0.39, 0.29) is 5.91 Å². The van der Waals surface area contributed by atoms with Gasteiger partial charge in [-0.15, -0.1) is 11.8 Å². The molecule has 0 fully saturated rings. The maximum atomic E-state index is 12.1. The molecule has 0 aliphatic rings. The van der Waals surface area contributed by atoms with E-state index >= 15 is 0 Å². The lowest BCUT2D eigenvalue weighted by Crippen LogP contribution is -2.13. The van der Waals surface area contributed by atoms with Crippen LogP contribution in [0.1, 0.15) is 0 Å². The zero-order valence-electron chi connectivity index (χ0n) is 12.8. The molecule has 1 N–H and O–H groups in total. The summed E-state index contributed by atoms with van der Waals surface area (Å²) in [5.41, 5.74) is 0.743. The molecular weight excluding hydrogens is 306 g/mol. The van der Waals surface area contributed by atoms with E-state index in [1.165, 1.54) is 10.8 Å². The molecule has 0 radical (unpaired) electrons. The summed E-state index contributed by atoms with van der Waals surface area (Å²) < 4.78 is 5.16. The Balaban J connectivity index is 1.66. The minimum Gasteiger partial charge on any atom is -0.497 e. The monoisotopic (exact) mass is 323 g/mol. The molecule has 23 heavy (non-hydrogen) atoms. The number of amides is 1. The van der Waals surface area contributed by atoms with Crippen molar-refractivity contribution in [1.29, 1.82) is 0 Å². The van der Waals surface area contributed by atoms with Gasteiger partial charge in [-0.2, -0.15) is 0 Å². The number of methoxy groups -OCH3 is 1. The second kappa shape index (κ2) is 7.20. The molecule has 0 aromatic heterocycles. The van der Waals surface area contributed by atoms with Gasteiger partial charge in [0.25, 0.3) is 0 Å². The molecule has 0 spiro atoms. The predicted molar refractivity (Wildman–Crippen MR) is 96.3 cm³/mol. The third-order valence-corrected chi connectivity index (χ3v) is 4.54. The highest BCUT2D eigenvalue weighted by Gasteiger charge is 2.06. The van der Waals surface area contributed by atoms with Gasteiger partial charge in [0.05, 0.1) is 12.9 Å². The van der Waals surface area contributed by atoms with E-state index < -0.39 is 0 Å². The molecule has 0 atom stereocenters. The van der Waals surface area contributed by atoms with Crippen LogP contribution in [0.2, 0.25) is 0 Å². The van der Waals surface area contributed by atoms with Crippen LogP contribution in [0.25, 0.3) is 10.8 Å². The molecule has 116 valence electrons. The van der Waals surface area contributed by atoms with Gasteiger partial charge in [0.2, 0.25) is 5.91 Å². The van der Waals surface area contributed by atoms with E-state index in [0.717, 1.165) is 16.3 Å². The lowest BCUT2D eigenvalue weighted by atomic mass is 10.1. The Kier molecular flexibility index (Phi) is 4.83. The average Bonchev–Trinajstić information content (AvgIpc) is 2.60. The molecule has 3 aromatic carbocycles. The fraction of sp³-hybridized carbons (Fsp3) is 0.105. The Morgan fingerprint density at radius 1 is 1.04 bits per heavy atom. The van der Waals surface area contributed by atoms with Crippen LogP contribution < -0.4 is 10.1 Å². The summed E-state index contributed by atoms with van der Waals surface area (Å²) in [4.78, 5) is 13.3. The molecule has 3 rings (SSSR count). The highest BCUT2D eigenvalue weighted by atomic mass is 32.2.